The average Bonchev–Trinajstić information content (AvgIpc) is 2.85. The molecular formula is C21H27FO. The summed E-state index contributed by atoms with van der Waals surface area (Å²) in [5.74, 6) is 0.831. The van der Waals surface area contributed by atoms with Crippen LogP contribution in [-0.4, -0.2) is 17.9 Å². The van der Waals surface area contributed by atoms with Crippen molar-refractivity contribution >= 4 is 0 Å². The molecule has 0 heterocycles. The molecule has 0 aliphatic heterocycles. The third-order valence-corrected chi connectivity index (χ3v) is 7.11. The lowest BCUT2D eigenvalue weighted by Crippen LogP contribution is -2.45. The van der Waals surface area contributed by atoms with Crippen molar-refractivity contribution in [1.29, 1.82) is 0 Å². The molecule has 1 nitrogen and oxygen atoms in total. The Balaban J connectivity index is 1.75. The van der Waals surface area contributed by atoms with Gasteiger partial charge in [0.15, 0.2) is 0 Å². The maximum atomic E-state index is 15.0. The highest BCUT2D eigenvalue weighted by atomic mass is 19.1. The van der Waals surface area contributed by atoms with Gasteiger partial charge in [-0.25, -0.2) is 4.39 Å². The molecule has 4 aliphatic rings. The second-order valence-electron chi connectivity index (χ2n) is 8.14. The molecule has 1 saturated carbocycles. The summed E-state index contributed by atoms with van der Waals surface area (Å²) < 4.78 is 15.0. The Morgan fingerprint density at radius 2 is 2.04 bits per heavy atom. The van der Waals surface area contributed by atoms with Crippen LogP contribution in [0.2, 0.25) is 0 Å². The van der Waals surface area contributed by atoms with Gasteiger partial charge in [0, 0.05) is 12.0 Å². The SMILES string of the molecule is C[C@]12C=CCC=C1[C@@H](F)C[C@@H]1C2=CC[C@]2(C)C(CCO)=CC[C@@H]12. The molecular weight excluding hydrogens is 287 g/mol. The van der Waals surface area contributed by atoms with Gasteiger partial charge in [0.05, 0.1) is 0 Å². The van der Waals surface area contributed by atoms with Gasteiger partial charge < -0.3 is 5.11 Å². The Bertz CT molecular complexity index is 640. The fraction of sp³-hybridized carbons (Fsp3) is 0.619. The number of hydrogen-bond acceptors (Lipinski definition) is 1. The fourth-order valence-corrected chi connectivity index (χ4v) is 5.85. The fourth-order valence-electron chi connectivity index (χ4n) is 5.85. The molecule has 0 amide bonds. The number of fused-ring (bicyclic) bond motifs is 5. The van der Waals surface area contributed by atoms with Crippen molar-refractivity contribution in [3.8, 4) is 0 Å². The van der Waals surface area contributed by atoms with E-state index >= 15 is 0 Å². The summed E-state index contributed by atoms with van der Waals surface area (Å²) in [5, 5.41) is 9.37. The first-order chi connectivity index (χ1) is 11.0. The van der Waals surface area contributed by atoms with E-state index in [1.165, 1.54) is 11.1 Å². The van der Waals surface area contributed by atoms with Crippen molar-refractivity contribution in [1.82, 2.24) is 0 Å². The van der Waals surface area contributed by atoms with Crippen LogP contribution in [0.25, 0.3) is 0 Å². The summed E-state index contributed by atoms with van der Waals surface area (Å²) in [6, 6.07) is 0. The smallest absolute Gasteiger partial charge is 0.123 e. The van der Waals surface area contributed by atoms with Crippen LogP contribution in [0.1, 0.15) is 46.0 Å². The van der Waals surface area contributed by atoms with Crippen LogP contribution >= 0.6 is 0 Å². The average molecular weight is 314 g/mol. The maximum Gasteiger partial charge on any atom is 0.123 e. The lowest BCUT2D eigenvalue weighted by atomic mass is 9.52. The number of allylic oxidation sites excluding steroid dienone is 7. The van der Waals surface area contributed by atoms with Gasteiger partial charge in [-0.15, -0.1) is 0 Å². The molecule has 0 aromatic heterocycles. The number of halogens is 1. The van der Waals surface area contributed by atoms with E-state index in [0.717, 1.165) is 31.3 Å². The topological polar surface area (TPSA) is 20.2 Å². The summed E-state index contributed by atoms with van der Waals surface area (Å²) in [4.78, 5) is 0. The Labute approximate surface area is 138 Å². The van der Waals surface area contributed by atoms with E-state index in [1.54, 1.807) is 0 Å². The molecule has 5 atom stereocenters. The van der Waals surface area contributed by atoms with Gasteiger partial charge in [0.2, 0.25) is 0 Å². The van der Waals surface area contributed by atoms with E-state index in [-0.39, 0.29) is 17.4 Å². The largest absolute Gasteiger partial charge is 0.396 e. The summed E-state index contributed by atoms with van der Waals surface area (Å²) >= 11 is 0. The number of hydrogen-bond donors (Lipinski definition) is 1. The Kier molecular flexibility index (Phi) is 3.46. The minimum atomic E-state index is -0.809. The van der Waals surface area contributed by atoms with Crippen molar-refractivity contribution < 1.29 is 9.50 Å². The van der Waals surface area contributed by atoms with Crippen LogP contribution in [-0.2, 0) is 0 Å². The first-order valence-corrected chi connectivity index (χ1v) is 9.04. The van der Waals surface area contributed by atoms with Crippen LogP contribution in [0.3, 0.4) is 0 Å². The summed E-state index contributed by atoms with van der Waals surface area (Å²) in [7, 11) is 0. The highest BCUT2D eigenvalue weighted by Gasteiger charge is 2.54. The Morgan fingerprint density at radius 1 is 1.22 bits per heavy atom. The van der Waals surface area contributed by atoms with Gasteiger partial charge in [0.25, 0.3) is 0 Å². The quantitative estimate of drug-likeness (QED) is 0.719. The number of alkyl halides is 1. The van der Waals surface area contributed by atoms with Crippen molar-refractivity contribution in [3.05, 3.63) is 47.1 Å². The summed E-state index contributed by atoms with van der Waals surface area (Å²) in [5.41, 5.74) is 3.75. The van der Waals surface area contributed by atoms with Crippen LogP contribution in [0, 0.1) is 22.7 Å². The van der Waals surface area contributed by atoms with Gasteiger partial charge >= 0.3 is 0 Å². The molecule has 4 aliphatic carbocycles. The minimum absolute atomic E-state index is 0.118. The van der Waals surface area contributed by atoms with Crippen molar-refractivity contribution in [2.75, 3.05) is 6.61 Å². The monoisotopic (exact) mass is 314 g/mol. The van der Waals surface area contributed by atoms with Crippen molar-refractivity contribution in [2.45, 2.75) is 52.1 Å². The predicted molar refractivity (Wildman–Crippen MR) is 91.6 cm³/mol. The van der Waals surface area contributed by atoms with Gasteiger partial charge in [0.1, 0.15) is 6.17 Å². The Morgan fingerprint density at radius 3 is 2.83 bits per heavy atom. The third kappa shape index (κ3) is 2.00. The molecule has 2 heteroatoms. The van der Waals surface area contributed by atoms with E-state index in [9.17, 15) is 9.50 Å². The van der Waals surface area contributed by atoms with Crippen LogP contribution in [0.5, 0.6) is 0 Å². The van der Waals surface area contributed by atoms with Crippen molar-refractivity contribution in [3.63, 3.8) is 0 Å². The van der Waals surface area contributed by atoms with Crippen LogP contribution < -0.4 is 0 Å². The molecule has 0 unspecified atom stereocenters. The molecule has 0 aromatic carbocycles. The molecule has 1 N–H and O–H groups in total. The zero-order valence-electron chi connectivity index (χ0n) is 14.2. The van der Waals surface area contributed by atoms with E-state index in [0.29, 0.717) is 18.3 Å². The predicted octanol–water partition coefficient (Wildman–Crippen LogP) is 4.90. The zero-order valence-corrected chi connectivity index (χ0v) is 14.2. The number of rotatable bonds is 2. The molecule has 0 aromatic rings. The highest BCUT2D eigenvalue weighted by Crippen LogP contribution is 2.63. The third-order valence-electron chi connectivity index (χ3n) is 7.11. The zero-order chi connectivity index (χ0) is 16.2. The van der Waals surface area contributed by atoms with Crippen LogP contribution in [0.4, 0.5) is 4.39 Å². The second-order valence-corrected chi connectivity index (χ2v) is 8.14. The van der Waals surface area contributed by atoms with Crippen molar-refractivity contribution in [2.24, 2.45) is 22.7 Å². The molecule has 0 radical (unpaired) electrons. The first kappa shape index (κ1) is 15.4. The molecule has 0 saturated heterocycles. The minimum Gasteiger partial charge on any atom is -0.396 e. The Hall–Kier alpha value is -1.15. The second kappa shape index (κ2) is 5.17. The van der Waals surface area contributed by atoms with E-state index < -0.39 is 6.17 Å². The van der Waals surface area contributed by atoms with Crippen LogP contribution in [0.15, 0.2) is 47.1 Å². The summed E-state index contributed by atoms with van der Waals surface area (Å²) in [6.07, 6.45) is 14.8. The van der Waals surface area contributed by atoms with Gasteiger partial charge in [-0.2, -0.15) is 0 Å². The lowest BCUT2D eigenvalue weighted by Gasteiger charge is -2.53. The van der Waals surface area contributed by atoms with E-state index in [4.69, 9.17) is 0 Å². The standard InChI is InChI=1S/C21H27FO/c1-20-11-8-17-15(16(20)7-6-14(20)9-12-23)13-19(22)18-5-3-4-10-21(17,18)2/h4-6,8,10,15-16,19,23H,3,7,9,11-13H2,1-2H3/t15-,16-,19-,20+,21+/m0/s1. The molecule has 124 valence electrons. The highest BCUT2D eigenvalue weighted by molar-refractivity contribution is 5.47. The lowest BCUT2D eigenvalue weighted by molar-refractivity contribution is 0.114. The molecule has 0 spiro atoms. The molecule has 23 heavy (non-hydrogen) atoms. The number of aliphatic hydroxyl groups is 1. The van der Waals surface area contributed by atoms with E-state index in [1.807, 2.05) is 0 Å². The van der Waals surface area contributed by atoms with Gasteiger partial charge in [-0.3, -0.25) is 0 Å². The maximum absolute atomic E-state index is 15.0. The molecule has 1 fully saturated rings. The summed E-state index contributed by atoms with van der Waals surface area (Å²) in [6.45, 7) is 4.75. The van der Waals surface area contributed by atoms with Gasteiger partial charge in [-0.1, -0.05) is 48.5 Å². The van der Waals surface area contributed by atoms with E-state index in [2.05, 4.69) is 44.2 Å². The molecule has 0 bridgehead atoms. The number of aliphatic hydroxyl groups excluding tert-OH is 1. The van der Waals surface area contributed by atoms with Gasteiger partial charge in [-0.05, 0) is 61.9 Å². The molecule has 4 rings (SSSR count). The normalized spacial score (nSPS) is 44.7. The first-order valence-electron chi connectivity index (χ1n) is 9.04.